The average molecular weight is 473 g/mol. The van der Waals surface area contributed by atoms with E-state index in [1.165, 1.54) is 11.6 Å². The molecule has 0 radical (unpaired) electrons. The number of likely N-dealkylation sites (tertiary alicyclic amines) is 1. The molecule has 8 heteroatoms. The fourth-order valence-electron chi connectivity index (χ4n) is 5.37. The Morgan fingerprint density at radius 2 is 1.74 bits per heavy atom. The lowest BCUT2D eigenvalue weighted by Crippen LogP contribution is -2.40. The molecular formula is C27H25FN4O3. The predicted molar refractivity (Wildman–Crippen MR) is 128 cm³/mol. The summed E-state index contributed by atoms with van der Waals surface area (Å²) in [7, 11) is 0. The molecule has 1 aliphatic carbocycles. The lowest BCUT2D eigenvalue weighted by Gasteiger charge is -2.30. The number of aromatic nitrogens is 2. The van der Waals surface area contributed by atoms with Crippen molar-refractivity contribution in [1.82, 2.24) is 14.9 Å². The van der Waals surface area contributed by atoms with E-state index in [2.05, 4.69) is 14.9 Å². The van der Waals surface area contributed by atoms with Gasteiger partial charge in [0.05, 0.1) is 5.92 Å². The first-order chi connectivity index (χ1) is 16.9. The van der Waals surface area contributed by atoms with Crippen LogP contribution < -0.4 is 4.90 Å². The number of hydrogen-bond acceptors (Lipinski definition) is 5. The van der Waals surface area contributed by atoms with E-state index in [0.29, 0.717) is 48.6 Å². The molecule has 1 saturated heterocycles. The zero-order valence-electron chi connectivity index (χ0n) is 19.2. The van der Waals surface area contributed by atoms with Crippen LogP contribution >= 0.6 is 0 Å². The second kappa shape index (κ2) is 8.15. The standard InChI is InChI=1S/C27H25FN4O3/c28-22-4-2-1-3-20(22)19-14-29-26(30-15-19)32-16-27(9-10-27)21-6-5-18(13-23(21)32)24(33)31-11-7-17(8-12-31)25(34)35/h1-6,13-15,17H,7-12,16H2,(H,34,35). The van der Waals surface area contributed by atoms with Crippen LogP contribution in [0.4, 0.5) is 16.0 Å². The van der Waals surface area contributed by atoms with Crippen LogP contribution in [-0.2, 0) is 10.2 Å². The lowest BCUT2D eigenvalue weighted by molar-refractivity contribution is -0.143. The van der Waals surface area contributed by atoms with Crippen LogP contribution in [-0.4, -0.2) is 51.5 Å². The minimum Gasteiger partial charge on any atom is -0.481 e. The molecule has 1 N–H and O–H groups in total. The molecule has 0 atom stereocenters. The number of carbonyl (C=O) groups is 2. The number of aliphatic carboxylic acids is 1. The fourth-order valence-corrected chi connectivity index (χ4v) is 5.37. The van der Waals surface area contributed by atoms with Gasteiger partial charge in [-0.05, 0) is 49.4 Å². The third-order valence-electron chi connectivity index (χ3n) is 7.62. The number of carboxylic acids is 1. The maximum Gasteiger partial charge on any atom is 0.306 e. The Balaban J connectivity index is 1.28. The van der Waals surface area contributed by atoms with Crippen molar-refractivity contribution in [1.29, 1.82) is 0 Å². The number of amides is 1. The Hall–Kier alpha value is -3.81. The summed E-state index contributed by atoms with van der Waals surface area (Å²) in [6.45, 7) is 1.64. The number of carbonyl (C=O) groups excluding carboxylic acids is 1. The van der Waals surface area contributed by atoms with Gasteiger partial charge in [0, 0.05) is 59.8 Å². The summed E-state index contributed by atoms with van der Waals surface area (Å²) in [4.78, 5) is 37.4. The number of halogens is 1. The Bertz CT molecular complexity index is 1310. The van der Waals surface area contributed by atoms with E-state index in [4.69, 9.17) is 0 Å². The van der Waals surface area contributed by atoms with Gasteiger partial charge in [0.1, 0.15) is 5.82 Å². The largest absolute Gasteiger partial charge is 0.481 e. The van der Waals surface area contributed by atoms with Crippen LogP contribution in [0.15, 0.2) is 54.9 Å². The van der Waals surface area contributed by atoms with Gasteiger partial charge in [0.15, 0.2) is 0 Å². The van der Waals surface area contributed by atoms with E-state index < -0.39 is 5.97 Å². The highest BCUT2D eigenvalue weighted by atomic mass is 19.1. The average Bonchev–Trinajstić information content (AvgIpc) is 3.60. The summed E-state index contributed by atoms with van der Waals surface area (Å²) in [6, 6.07) is 12.4. The number of anilines is 2. The maximum atomic E-state index is 14.2. The highest BCUT2D eigenvalue weighted by Gasteiger charge is 2.52. The molecule has 2 fully saturated rings. The normalized spacial score (nSPS) is 18.5. The number of rotatable bonds is 4. The van der Waals surface area contributed by atoms with Crippen molar-refractivity contribution in [3.8, 4) is 11.1 Å². The van der Waals surface area contributed by atoms with Crippen molar-refractivity contribution >= 4 is 23.5 Å². The first-order valence-electron chi connectivity index (χ1n) is 12.0. The van der Waals surface area contributed by atoms with Crippen molar-refractivity contribution in [2.24, 2.45) is 5.92 Å². The summed E-state index contributed by atoms with van der Waals surface area (Å²) >= 11 is 0. The molecule has 7 nitrogen and oxygen atoms in total. The Kier molecular flexibility index (Phi) is 5.05. The van der Waals surface area contributed by atoms with Crippen molar-refractivity contribution in [2.45, 2.75) is 31.1 Å². The molecular weight excluding hydrogens is 447 g/mol. The number of fused-ring (bicyclic) bond motifs is 2. The van der Waals surface area contributed by atoms with E-state index in [1.54, 1.807) is 35.5 Å². The molecule has 35 heavy (non-hydrogen) atoms. The number of carboxylic acid groups (broad SMARTS) is 1. The third-order valence-corrected chi connectivity index (χ3v) is 7.62. The number of hydrogen-bond donors (Lipinski definition) is 1. The van der Waals surface area contributed by atoms with Crippen molar-refractivity contribution in [3.05, 3.63) is 71.8 Å². The van der Waals surface area contributed by atoms with E-state index in [1.807, 2.05) is 18.2 Å². The van der Waals surface area contributed by atoms with Crippen LogP contribution in [0.25, 0.3) is 11.1 Å². The summed E-state index contributed by atoms with van der Waals surface area (Å²) in [5, 5.41) is 9.23. The van der Waals surface area contributed by atoms with Gasteiger partial charge in [-0.15, -0.1) is 0 Å². The monoisotopic (exact) mass is 472 g/mol. The third kappa shape index (κ3) is 3.73. The number of benzene rings is 2. The van der Waals surface area contributed by atoms with Gasteiger partial charge >= 0.3 is 5.97 Å². The molecule has 1 amide bonds. The van der Waals surface area contributed by atoms with E-state index in [0.717, 1.165) is 25.1 Å². The Morgan fingerprint density at radius 3 is 2.40 bits per heavy atom. The van der Waals surface area contributed by atoms with E-state index in [9.17, 15) is 19.1 Å². The van der Waals surface area contributed by atoms with Gasteiger partial charge in [0.25, 0.3) is 5.91 Å². The topological polar surface area (TPSA) is 86.6 Å². The van der Waals surface area contributed by atoms with Gasteiger partial charge in [0.2, 0.25) is 5.95 Å². The molecule has 1 saturated carbocycles. The van der Waals surface area contributed by atoms with Crippen molar-refractivity contribution in [3.63, 3.8) is 0 Å². The predicted octanol–water partition coefficient (Wildman–Crippen LogP) is 4.40. The molecule has 2 aliphatic heterocycles. The molecule has 3 heterocycles. The molecule has 3 aliphatic rings. The summed E-state index contributed by atoms with van der Waals surface area (Å²) in [5.74, 6) is -1.04. The van der Waals surface area contributed by atoms with Crippen LogP contribution in [0.1, 0.15) is 41.6 Å². The minimum absolute atomic E-state index is 0.0737. The smallest absolute Gasteiger partial charge is 0.306 e. The first kappa shape index (κ1) is 21.7. The van der Waals surface area contributed by atoms with Gasteiger partial charge in [-0.1, -0.05) is 24.3 Å². The maximum absolute atomic E-state index is 14.2. The zero-order chi connectivity index (χ0) is 24.2. The summed E-state index contributed by atoms with van der Waals surface area (Å²) in [5.41, 5.74) is 3.88. The first-order valence-corrected chi connectivity index (χ1v) is 12.0. The molecule has 0 unspecified atom stereocenters. The lowest BCUT2D eigenvalue weighted by atomic mass is 9.95. The van der Waals surface area contributed by atoms with Crippen LogP contribution in [0, 0.1) is 11.7 Å². The number of piperidine rings is 1. The second-order valence-corrected chi connectivity index (χ2v) is 9.75. The Morgan fingerprint density at radius 1 is 1.03 bits per heavy atom. The van der Waals surface area contributed by atoms with Gasteiger partial charge in [-0.3, -0.25) is 9.59 Å². The Labute approximate surface area is 202 Å². The molecule has 178 valence electrons. The molecule has 2 aromatic carbocycles. The number of nitrogens with zero attached hydrogens (tertiary/aromatic N) is 4. The molecule has 1 aromatic heterocycles. The molecule has 6 rings (SSSR count). The molecule has 1 spiro atoms. The van der Waals surface area contributed by atoms with Gasteiger partial charge < -0.3 is 14.9 Å². The van der Waals surface area contributed by atoms with Gasteiger partial charge in [-0.2, -0.15) is 0 Å². The highest BCUT2D eigenvalue weighted by molar-refractivity contribution is 5.96. The summed E-state index contributed by atoms with van der Waals surface area (Å²) < 4.78 is 14.2. The van der Waals surface area contributed by atoms with E-state index >= 15 is 0 Å². The minimum atomic E-state index is -0.791. The molecule has 3 aromatic rings. The highest BCUT2D eigenvalue weighted by Crippen LogP contribution is 2.57. The van der Waals surface area contributed by atoms with Crippen LogP contribution in [0.3, 0.4) is 0 Å². The van der Waals surface area contributed by atoms with E-state index in [-0.39, 0.29) is 23.1 Å². The quantitative estimate of drug-likeness (QED) is 0.606. The fraction of sp³-hybridized carbons (Fsp3) is 0.333. The van der Waals surface area contributed by atoms with Crippen molar-refractivity contribution < 1.29 is 19.1 Å². The zero-order valence-corrected chi connectivity index (χ0v) is 19.2. The summed E-state index contributed by atoms with van der Waals surface area (Å²) in [6.07, 6.45) is 6.40. The van der Waals surface area contributed by atoms with Crippen LogP contribution in [0.2, 0.25) is 0 Å². The van der Waals surface area contributed by atoms with Gasteiger partial charge in [-0.25, -0.2) is 14.4 Å². The van der Waals surface area contributed by atoms with Crippen molar-refractivity contribution in [2.75, 3.05) is 24.5 Å². The SMILES string of the molecule is O=C(O)C1CCN(C(=O)c2ccc3c(c2)N(c2ncc(-c4ccccc4F)cn2)CC32CC2)CC1. The molecule has 0 bridgehead atoms. The second-order valence-electron chi connectivity index (χ2n) is 9.75. The van der Waals surface area contributed by atoms with Crippen LogP contribution in [0.5, 0.6) is 0 Å².